The molecule has 2 aliphatic rings. The highest BCUT2D eigenvalue weighted by molar-refractivity contribution is 5.81. The van der Waals surface area contributed by atoms with Gasteiger partial charge in [0.2, 0.25) is 17.6 Å². The monoisotopic (exact) mass is 542 g/mol. The zero-order valence-corrected chi connectivity index (χ0v) is 21.7. The third-order valence-corrected chi connectivity index (χ3v) is 6.22. The maximum absolute atomic E-state index is 11.4. The van der Waals surface area contributed by atoms with Gasteiger partial charge in [-0.3, -0.25) is 14.6 Å². The SMILES string of the molecule is CC(=O)C(F)(F)F.CC(=O)NCc1cccc(-c2nc(N3CCOCC3)nc3c2CCN3c2ccncc2)c1. The first-order valence-corrected chi connectivity index (χ1v) is 12.5. The molecule has 0 unspecified atom stereocenters. The second-order valence-electron chi connectivity index (χ2n) is 9.04. The Morgan fingerprint density at radius 1 is 1.03 bits per heavy atom. The molecule has 4 heterocycles. The zero-order chi connectivity index (χ0) is 28.0. The Morgan fingerprint density at radius 3 is 2.36 bits per heavy atom. The number of aromatic nitrogens is 3. The third kappa shape index (κ3) is 7.08. The fraction of sp³-hybridized carbons (Fsp3) is 0.370. The molecule has 1 aromatic carbocycles. The number of anilines is 3. The molecule has 206 valence electrons. The van der Waals surface area contributed by atoms with Gasteiger partial charge in [0, 0.05) is 69.2 Å². The van der Waals surface area contributed by atoms with Crippen molar-refractivity contribution in [2.45, 2.75) is 33.0 Å². The molecule has 9 nitrogen and oxygen atoms in total. The second-order valence-corrected chi connectivity index (χ2v) is 9.04. The molecule has 0 atom stereocenters. The number of morpholine rings is 1. The maximum atomic E-state index is 11.4. The smallest absolute Gasteiger partial charge is 0.378 e. The highest BCUT2D eigenvalue weighted by atomic mass is 19.4. The molecule has 0 spiro atoms. The van der Waals surface area contributed by atoms with Crippen LogP contribution in [-0.2, 0) is 27.3 Å². The van der Waals surface area contributed by atoms with Crippen molar-refractivity contribution in [3.05, 3.63) is 59.9 Å². The summed E-state index contributed by atoms with van der Waals surface area (Å²) in [6, 6.07) is 12.3. The lowest BCUT2D eigenvalue weighted by Crippen LogP contribution is -2.37. The number of hydrogen-bond acceptors (Lipinski definition) is 8. The highest BCUT2D eigenvalue weighted by Crippen LogP contribution is 2.39. The summed E-state index contributed by atoms with van der Waals surface area (Å²) in [5.74, 6) is -0.112. The minimum atomic E-state index is -4.64. The van der Waals surface area contributed by atoms with Crippen molar-refractivity contribution >= 4 is 29.1 Å². The molecule has 0 bridgehead atoms. The van der Waals surface area contributed by atoms with Crippen LogP contribution in [0.1, 0.15) is 25.0 Å². The van der Waals surface area contributed by atoms with Crippen molar-refractivity contribution in [2.24, 2.45) is 0 Å². The molecular formula is C27H29F3N6O3. The van der Waals surface area contributed by atoms with E-state index in [9.17, 15) is 22.8 Å². The van der Waals surface area contributed by atoms with Gasteiger partial charge >= 0.3 is 6.18 Å². The first kappa shape index (κ1) is 28.0. The van der Waals surface area contributed by atoms with Crippen molar-refractivity contribution < 1.29 is 27.5 Å². The molecule has 1 amide bonds. The van der Waals surface area contributed by atoms with Gasteiger partial charge < -0.3 is 19.9 Å². The van der Waals surface area contributed by atoms with Crippen molar-refractivity contribution in [2.75, 3.05) is 42.6 Å². The van der Waals surface area contributed by atoms with E-state index in [0.29, 0.717) is 26.7 Å². The molecule has 12 heteroatoms. The lowest BCUT2D eigenvalue weighted by molar-refractivity contribution is -0.168. The summed E-state index contributed by atoms with van der Waals surface area (Å²) in [7, 11) is 0. The number of pyridine rings is 1. The van der Waals surface area contributed by atoms with Gasteiger partial charge in [-0.2, -0.15) is 18.2 Å². The van der Waals surface area contributed by atoms with E-state index in [1.807, 2.05) is 36.7 Å². The number of Topliss-reactive ketones (excluding diaryl/α,β-unsaturated/α-hetero) is 1. The van der Waals surface area contributed by atoms with Crippen LogP contribution in [0.4, 0.5) is 30.6 Å². The van der Waals surface area contributed by atoms with Gasteiger partial charge in [0.1, 0.15) is 5.82 Å². The van der Waals surface area contributed by atoms with Gasteiger partial charge in [0.15, 0.2) is 0 Å². The first-order valence-electron chi connectivity index (χ1n) is 12.5. The van der Waals surface area contributed by atoms with E-state index in [2.05, 4.69) is 32.2 Å². The summed E-state index contributed by atoms with van der Waals surface area (Å²) < 4.78 is 38.0. The lowest BCUT2D eigenvalue weighted by atomic mass is 10.0. The number of ketones is 1. The molecule has 1 N–H and O–H groups in total. The molecule has 2 aliphatic heterocycles. The number of halogens is 3. The van der Waals surface area contributed by atoms with Crippen LogP contribution in [0, 0.1) is 0 Å². The molecule has 0 saturated carbocycles. The van der Waals surface area contributed by atoms with Crippen molar-refractivity contribution in [1.29, 1.82) is 0 Å². The highest BCUT2D eigenvalue weighted by Gasteiger charge is 2.33. The number of ether oxygens (including phenoxy) is 1. The summed E-state index contributed by atoms with van der Waals surface area (Å²) in [4.78, 5) is 39.3. The third-order valence-electron chi connectivity index (χ3n) is 6.22. The number of nitrogens with zero attached hydrogens (tertiary/aromatic N) is 5. The fourth-order valence-electron chi connectivity index (χ4n) is 4.22. The van der Waals surface area contributed by atoms with Crippen LogP contribution in [0.3, 0.4) is 0 Å². The molecule has 0 radical (unpaired) electrons. The molecular weight excluding hydrogens is 513 g/mol. The number of carbonyl (C=O) groups excluding carboxylic acids is 2. The normalized spacial score (nSPS) is 14.8. The number of hydrogen-bond donors (Lipinski definition) is 1. The topological polar surface area (TPSA) is 101 Å². The molecule has 2 aromatic heterocycles. The predicted molar refractivity (Wildman–Crippen MR) is 140 cm³/mol. The van der Waals surface area contributed by atoms with Gasteiger partial charge in [-0.1, -0.05) is 18.2 Å². The summed E-state index contributed by atoms with van der Waals surface area (Å²) >= 11 is 0. The Morgan fingerprint density at radius 2 is 1.72 bits per heavy atom. The summed E-state index contributed by atoms with van der Waals surface area (Å²) in [5.41, 5.74) is 5.27. The van der Waals surface area contributed by atoms with Crippen LogP contribution < -0.4 is 15.1 Å². The molecule has 1 saturated heterocycles. The number of alkyl halides is 3. The van der Waals surface area contributed by atoms with Crippen LogP contribution in [0.2, 0.25) is 0 Å². The Balaban J connectivity index is 0.000000448. The van der Waals surface area contributed by atoms with E-state index in [0.717, 1.165) is 65.9 Å². The molecule has 5 rings (SSSR count). The zero-order valence-electron chi connectivity index (χ0n) is 21.7. The van der Waals surface area contributed by atoms with Crippen LogP contribution in [-0.4, -0.2) is 65.7 Å². The number of benzene rings is 1. The minimum Gasteiger partial charge on any atom is -0.378 e. The second kappa shape index (κ2) is 12.2. The summed E-state index contributed by atoms with van der Waals surface area (Å²) in [6.07, 6.45) is -0.153. The van der Waals surface area contributed by atoms with E-state index < -0.39 is 12.0 Å². The van der Waals surface area contributed by atoms with Gasteiger partial charge in [-0.05, 0) is 30.2 Å². The summed E-state index contributed by atoms with van der Waals surface area (Å²) in [6.45, 7) is 6.26. The standard InChI is InChI=1S/C24H26N6O2.C3H3F3O/c1-17(31)26-16-18-3-2-4-19(15-18)22-21-7-10-30(20-5-8-25-9-6-20)23(21)28-24(27-22)29-11-13-32-14-12-29;1-2(7)3(4,5)6/h2-6,8-9,15H,7,10-14,16H2,1H3,(H,26,31);1H3. The van der Waals surface area contributed by atoms with E-state index in [1.54, 1.807) is 0 Å². The molecule has 39 heavy (non-hydrogen) atoms. The van der Waals surface area contributed by atoms with Crippen LogP contribution in [0.25, 0.3) is 11.3 Å². The first-order chi connectivity index (χ1) is 18.6. The van der Waals surface area contributed by atoms with E-state index in [-0.39, 0.29) is 5.91 Å². The van der Waals surface area contributed by atoms with Gasteiger partial charge in [0.05, 0.1) is 18.9 Å². The number of nitrogens with one attached hydrogen (secondary N) is 1. The Labute approximate surface area is 224 Å². The van der Waals surface area contributed by atoms with Crippen molar-refractivity contribution in [3.8, 4) is 11.3 Å². The minimum absolute atomic E-state index is 0.0408. The van der Waals surface area contributed by atoms with Crippen molar-refractivity contribution in [1.82, 2.24) is 20.3 Å². The van der Waals surface area contributed by atoms with Crippen LogP contribution in [0.5, 0.6) is 0 Å². The van der Waals surface area contributed by atoms with Crippen molar-refractivity contribution in [3.63, 3.8) is 0 Å². The van der Waals surface area contributed by atoms with Gasteiger partial charge in [-0.15, -0.1) is 0 Å². The quantitative estimate of drug-likeness (QED) is 0.519. The van der Waals surface area contributed by atoms with Crippen LogP contribution in [0.15, 0.2) is 48.8 Å². The molecule has 0 aliphatic carbocycles. The number of carbonyl (C=O) groups is 2. The van der Waals surface area contributed by atoms with E-state index in [4.69, 9.17) is 14.7 Å². The molecule has 1 fully saturated rings. The average Bonchev–Trinajstić information content (AvgIpc) is 3.36. The van der Waals surface area contributed by atoms with Gasteiger partial charge in [0.25, 0.3) is 0 Å². The maximum Gasteiger partial charge on any atom is 0.449 e. The lowest BCUT2D eigenvalue weighted by Gasteiger charge is -2.28. The predicted octanol–water partition coefficient (Wildman–Crippen LogP) is 3.84. The average molecular weight is 543 g/mol. The van der Waals surface area contributed by atoms with E-state index >= 15 is 0 Å². The Kier molecular flexibility index (Phi) is 8.75. The number of fused-ring (bicyclic) bond motifs is 1. The number of amides is 1. The number of rotatable bonds is 5. The van der Waals surface area contributed by atoms with Gasteiger partial charge in [-0.25, -0.2) is 4.98 Å². The Hall–Kier alpha value is -4.06. The fourth-order valence-corrected chi connectivity index (χ4v) is 4.22. The molecule has 3 aromatic rings. The Bertz CT molecular complexity index is 1310. The van der Waals surface area contributed by atoms with E-state index in [1.165, 1.54) is 6.92 Å². The largest absolute Gasteiger partial charge is 0.449 e. The van der Waals surface area contributed by atoms with Crippen LogP contribution >= 0.6 is 0 Å². The summed E-state index contributed by atoms with van der Waals surface area (Å²) in [5, 5.41) is 2.88.